The van der Waals surface area contributed by atoms with Crippen LogP contribution in [0.25, 0.3) is 0 Å². The third kappa shape index (κ3) is 2.54. The fraction of sp³-hybridized carbons (Fsp3) is 0.625. The van der Waals surface area contributed by atoms with Gasteiger partial charge in [-0.15, -0.1) is 0 Å². The van der Waals surface area contributed by atoms with Crippen molar-refractivity contribution in [2.45, 2.75) is 45.6 Å². The largest absolute Gasteiger partial charge is 0.496 e. The summed E-state index contributed by atoms with van der Waals surface area (Å²) in [6.45, 7) is 7.85. The molecule has 2 nitrogen and oxygen atoms in total. The van der Waals surface area contributed by atoms with E-state index in [1.54, 1.807) is 7.11 Å². The molecule has 0 spiro atoms. The highest BCUT2D eigenvalue weighted by atomic mass is 16.5. The standard InChI is InChI=1S/C16H25NO/c1-5-8-17-15-10-13(12(15)3)14-9-11(2)6-7-16(14)18-4/h6-7,9,12-13,15,17H,5,8,10H2,1-4H3. The van der Waals surface area contributed by atoms with Gasteiger partial charge in [0, 0.05) is 6.04 Å². The highest BCUT2D eigenvalue weighted by Crippen LogP contribution is 2.45. The van der Waals surface area contributed by atoms with Crippen LogP contribution in [-0.4, -0.2) is 19.7 Å². The normalized spacial score (nSPS) is 26.8. The van der Waals surface area contributed by atoms with Crippen molar-refractivity contribution < 1.29 is 4.74 Å². The predicted octanol–water partition coefficient (Wildman–Crippen LogP) is 3.50. The van der Waals surface area contributed by atoms with Crippen LogP contribution in [-0.2, 0) is 0 Å². The van der Waals surface area contributed by atoms with Crippen molar-refractivity contribution >= 4 is 0 Å². The first-order valence-corrected chi connectivity index (χ1v) is 7.05. The first-order chi connectivity index (χ1) is 8.67. The maximum Gasteiger partial charge on any atom is 0.122 e. The molecular formula is C16H25NO. The van der Waals surface area contributed by atoms with Crippen LogP contribution in [0.1, 0.15) is 43.7 Å². The van der Waals surface area contributed by atoms with Gasteiger partial charge < -0.3 is 10.1 Å². The second-order valence-corrected chi connectivity index (χ2v) is 5.51. The van der Waals surface area contributed by atoms with E-state index in [4.69, 9.17) is 4.74 Å². The van der Waals surface area contributed by atoms with E-state index in [9.17, 15) is 0 Å². The Labute approximate surface area is 111 Å². The molecule has 0 bridgehead atoms. The molecule has 18 heavy (non-hydrogen) atoms. The second kappa shape index (κ2) is 5.75. The quantitative estimate of drug-likeness (QED) is 0.860. The summed E-state index contributed by atoms with van der Waals surface area (Å²) in [5.41, 5.74) is 2.71. The Morgan fingerprint density at radius 2 is 2.17 bits per heavy atom. The van der Waals surface area contributed by atoms with Crippen LogP contribution in [0.5, 0.6) is 5.75 Å². The summed E-state index contributed by atoms with van der Waals surface area (Å²) in [5, 5.41) is 3.63. The number of benzene rings is 1. The van der Waals surface area contributed by atoms with Crippen LogP contribution >= 0.6 is 0 Å². The molecule has 0 radical (unpaired) electrons. The molecule has 0 saturated heterocycles. The summed E-state index contributed by atoms with van der Waals surface area (Å²) in [6, 6.07) is 7.19. The van der Waals surface area contributed by atoms with Gasteiger partial charge in [-0.3, -0.25) is 0 Å². The summed E-state index contributed by atoms with van der Waals surface area (Å²) >= 11 is 0. The molecule has 0 heterocycles. The fourth-order valence-corrected chi connectivity index (χ4v) is 2.94. The molecule has 1 aromatic carbocycles. The molecule has 0 amide bonds. The Hall–Kier alpha value is -1.02. The molecular weight excluding hydrogens is 222 g/mol. The van der Waals surface area contributed by atoms with E-state index >= 15 is 0 Å². The van der Waals surface area contributed by atoms with Gasteiger partial charge in [-0.05, 0) is 49.8 Å². The molecule has 1 saturated carbocycles. The zero-order valence-electron chi connectivity index (χ0n) is 12.0. The topological polar surface area (TPSA) is 21.3 Å². The molecule has 1 N–H and O–H groups in total. The van der Waals surface area contributed by atoms with Crippen molar-refractivity contribution in [2.75, 3.05) is 13.7 Å². The number of rotatable bonds is 5. The van der Waals surface area contributed by atoms with Crippen molar-refractivity contribution in [3.8, 4) is 5.75 Å². The second-order valence-electron chi connectivity index (χ2n) is 5.51. The van der Waals surface area contributed by atoms with E-state index in [1.165, 1.54) is 24.0 Å². The third-order valence-corrected chi connectivity index (χ3v) is 4.22. The molecule has 1 aliphatic carbocycles. The monoisotopic (exact) mass is 247 g/mol. The maximum atomic E-state index is 5.50. The van der Waals surface area contributed by atoms with Crippen molar-refractivity contribution in [1.29, 1.82) is 0 Å². The van der Waals surface area contributed by atoms with E-state index in [-0.39, 0.29) is 0 Å². The molecule has 100 valence electrons. The molecule has 1 aromatic rings. The van der Waals surface area contributed by atoms with E-state index in [0.717, 1.165) is 12.3 Å². The maximum absolute atomic E-state index is 5.50. The Bertz CT molecular complexity index is 402. The Morgan fingerprint density at radius 1 is 1.39 bits per heavy atom. The van der Waals surface area contributed by atoms with Crippen LogP contribution in [0.3, 0.4) is 0 Å². The zero-order valence-corrected chi connectivity index (χ0v) is 12.0. The molecule has 3 unspecified atom stereocenters. The van der Waals surface area contributed by atoms with E-state index in [0.29, 0.717) is 17.9 Å². The van der Waals surface area contributed by atoms with Crippen LogP contribution in [0.2, 0.25) is 0 Å². The van der Waals surface area contributed by atoms with Gasteiger partial charge in [0.15, 0.2) is 0 Å². The lowest BCUT2D eigenvalue weighted by molar-refractivity contribution is 0.181. The number of ether oxygens (including phenoxy) is 1. The summed E-state index contributed by atoms with van der Waals surface area (Å²) in [5.74, 6) is 2.40. The van der Waals surface area contributed by atoms with Gasteiger partial charge in [0.2, 0.25) is 0 Å². The average Bonchev–Trinajstić information content (AvgIpc) is 2.37. The van der Waals surface area contributed by atoms with Gasteiger partial charge in [0.25, 0.3) is 0 Å². The predicted molar refractivity (Wildman–Crippen MR) is 76.3 cm³/mol. The molecule has 0 aliphatic heterocycles. The molecule has 0 aromatic heterocycles. The van der Waals surface area contributed by atoms with Gasteiger partial charge >= 0.3 is 0 Å². The molecule has 1 aliphatic rings. The lowest BCUT2D eigenvalue weighted by Gasteiger charge is -2.44. The first-order valence-electron chi connectivity index (χ1n) is 7.05. The average molecular weight is 247 g/mol. The highest BCUT2D eigenvalue weighted by Gasteiger charge is 2.39. The highest BCUT2D eigenvalue weighted by molar-refractivity contribution is 5.41. The number of aryl methyl sites for hydroxylation is 1. The summed E-state index contributed by atoms with van der Waals surface area (Å²) in [7, 11) is 1.77. The van der Waals surface area contributed by atoms with Crippen LogP contribution in [0, 0.1) is 12.8 Å². The summed E-state index contributed by atoms with van der Waals surface area (Å²) in [4.78, 5) is 0. The van der Waals surface area contributed by atoms with Crippen LogP contribution in [0.15, 0.2) is 18.2 Å². The Morgan fingerprint density at radius 3 is 2.78 bits per heavy atom. The van der Waals surface area contributed by atoms with Gasteiger partial charge in [-0.2, -0.15) is 0 Å². The van der Waals surface area contributed by atoms with Crippen molar-refractivity contribution in [3.63, 3.8) is 0 Å². The number of nitrogens with one attached hydrogen (secondary N) is 1. The van der Waals surface area contributed by atoms with Gasteiger partial charge in [-0.1, -0.05) is 31.5 Å². The van der Waals surface area contributed by atoms with E-state index in [2.05, 4.69) is 44.3 Å². The van der Waals surface area contributed by atoms with Crippen molar-refractivity contribution in [3.05, 3.63) is 29.3 Å². The molecule has 2 heteroatoms. The van der Waals surface area contributed by atoms with Gasteiger partial charge in [0.1, 0.15) is 5.75 Å². The molecule has 1 fully saturated rings. The van der Waals surface area contributed by atoms with Crippen LogP contribution < -0.4 is 10.1 Å². The molecule has 2 rings (SSSR count). The number of hydrogen-bond donors (Lipinski definition) is 1. The Balaban J connectivity index is 2.07. The number of hydrogen-bond acceptors (Lipinski definition) is 2. The lowest BCUT2D eigenvalue weighted by atomic mass is 9.66. The summed E-state index contributed by atoms with van der Waals surface area (Å²) in [6.07, 6.45) is 2.45. The Kier molecular flexibility index (Phi) is 4.28. The number of methoxy groups -OCH3 is 1. The molecule has 3 atom stereocenters. The van der Waals surface area contributed by atoms with Crippen LogP contribution in [0.4, 0.5) is 0 Å². The minimum atomic E-state index is 0.647. The minimum absolute atomic E-state index is 0.647. The van der Waals surface area contributed by atoms with E-state index in [1.807, 2.05) is 0 Å². The van der Waals surface area contributed by atoms with Gasteiger partial charge in [-0.25, -0.2) is 0 Å². The fourth-order valence-electron chi connectivity index (χ4n) is 2.94. The van der Waals surface area contributed by atoms with Crippen molar-refractivity contribution in [1.82, 2.24) is 5.32 Å². The first kappa shape index (κ1) is 13.4. The van der Waals surface area contributed by atoms with E-state index < -0.39 is 0 Å². The van der Waals surface area contributed by atoms with Gasteiger partial charge in [0.05, 0.1) is 7.11 Å². The zero-order chi connectivity index (χ0) is 13.1. The smallest absolute Gasteiger partial charge is 0.122 e. The lowest BCUT2D eigenvalue weighted by Crippen LogP contribution is -2.48. The third-order valence-electron chi connectivity index (χ3n) is 4.22. The van der Waals surface area contributed by atoms with Crippen molar-refractivity contribution in [2.24, 2.45) is 5.92 Å². The minimum Gasteiger partial charge on any atom is -0.496 e. The SMILES string of the molecule is CCCNC1CC(c2cc(C)ccc2OC)C1C. The summed E-state index contributed by atoms with van der Waals surface area (Å²) < 4.78 is 5.50.